The van der Waals surface area contributed by atoms with Crippen LogP contribution in [-0.4, -0.2) is 9.97 Å². The number of fused-ring (bicyclic) bond motifs is 3. The largest absolute Gasteiger partial charge is 0.501 e. The maximum Gasteiger partial charge on any atom is 0.121 e. The van der Waals surface area contributed by atoms with Gasteiger partial charge in [0.15, 0.2) is 0 Å². The van der Waals surface area contributed by atoms with E-state index in [0.717, 1.165) is 31.2 Å². The van der Waals surface area contributed by atoms with E-state index >= 15 is 0 Å². The van der Waals surface area contributed by atoms with Crippen LogP contribution >= 0.6 is 0 Å². The van der Waals surface area contributed by atoms with Crippen molar-refractivity contribution >= 4 is 21.9 Å². The Morgan fingerprint density at radius 1 is 0.691 bits per heavy atom. The first-order valence-electron chi connectivity index (χ1n) is 26.2. The molecule has 0 unspecified atom stereocenters. The fourth-order valence-corrected chi connectivity index (χ4v) is 6.97. The van der Waals surface area contributed by atoms with E-state index in [1.807, 2.05) is 30.3 Å². The van der Waals surface area contributed by atoms with E-state index in [9.17, 15) is 0 Å². The predicted octanol–water partition coefficient (Wildman–Crippen LogP) is 13.6. The molecule has 1 aliphatic rings. The maximum absolute atomic E-state index is 8.84. The van der Waals surface area contributed by atoms with Gasteiger partial charge in [-0.2, -0.15) is 0 Å². The zero-order chi connectivity index (χ0) is 51.5. The third-order valence-corrected chi connectivity index (χ3v) is 9.70. The summed E-state index contributed by atoms with van der Waals surface area (Å²) in [6.07, 6.45) is 4.06. The molecular weight excluding hydrogens is 849 g/mol. The Hall–Kier alpha value is -5.15. The van der Waals surface area contributed by atoms with Crippen molar-refractivity contribution in [1.82, 2.24) is 9.97 Å². The van der Waals surface area contributed by atoms with Crippen LogP contribution in [0.4, 0.5) is 0 Å². The summed E-state index contributed by atoms with van der Waals surface area (Å²) in [5.41, 5.74) is 4.64. The molecule has 1 fully saturated rings. The molecule has 0 bridgehead atoms. The van der Waals surface area contributed by atoms with Crippen molar-refractivity contribution in [3.63, 3.8) is 0 Å². The Morgan fingerprint density at radius 2 is 1.51 bits per heavy atom. The van der Waals surface area contributed by atoms with E-state index < -0.39 is 40.6 Å². The van der Waals surface area contributed by atoms with Crippen LogP contribution in [0.1, 0.15) is 82.4 Å². The standard InChI is InChI=1S/C32H30NO.C19H16N.Ir/c1-20-11-13-26-27-9-6-10-28(32(27)34-31(26)15-20)30-18-29(22(3)19-33-30)25-14-12-24(16-21(25)2)17-23-7-4-5-8-23;1-14-8-11-19(20-13-14)17-10-9-15(2)18(12-17)16-6-4-3-5-7-16;/h6,9,11-16,18-19,23H,4-5,7-8,17H2,1-3H3;3-9,11-13H,1-2H3;/q2*-1;/i1D3,2D3,3D3,17D2;1D3,2D3;. The first-order valence-corrected chi connectivity index (χ1v) is 17.7. The summed E-state index contributed by atoms with van der Waals surface area (Å²) in [5.74, 6) is -0.228. The number of benzene rings is 5. The number of hydrogen-bond acceptors (Lipinski definition) is 3. The van der Waals surface area contributed by atoms with Gasteiger partial charge in [-0.25, -0.2) is 0 Å². The molecule has 3 nitrogen and oxygen atoms in total. The third kappa shape index (κ3) is 8.27. The molecule has 0 atom stereocenters. The van der Waals surface area contributed by atoms with Crippen LogP contribution in [0.2, 0.25) is 0 Å². The summed E-state index contributed by atoms with van der Waals surface area (Å²) in [6, 6.07) is 35.7. The van der Waals surface area contributed by atoms with Crippen molar-refractivity contribution in [2.75, 3.05) is 0 Å². The Kier molecular flexibility index (Phi) is 6.80. The SMILES string of the molecule is [2H]C([2H])([2H])c1ccc(-c2[c-]cc(C([2H])([2H])[2H])c(-c3ccccc3)c2)nc1.[2H]C([2H])([2H])c1ccc2c(c1)oc1c(-c3cc(-c4ccc(C([2H])([2H])C5CCCC5)cc4C([2H])([2H])[2H])c(C([2H])([2H])[2H])cn3)[c-]ccc12.[Ir]. The van der Waals surface area contributed by atoms with Gasteiger partial charge in [0.2, 0.25) is 0 Å². The molecule has 8 aromatic rings. The van der Waals surface area contributed by atoms with Crippen LogP contribution < -0.4 is 0 Å². The molecule has 9 rings (SSSR count). The van der Waals surface area contributed by atoms with Crippen LogP contribution in [0.25, 0.3) is 66.7 Å². The smallest absolute Gasteiger partial charge is 0.121 e. The summed E-state index contributed by atoms with van der Waals surface area (Å²) in [5, 5.41) is 1.37. The normalized spacial score (nSPS) is 18.7. The molecular formula is C51H46IrN2O-2. The summed E-state index contributed by atoms with van der Waals surface area (Å²) < 4.78 is 142. The van der Waals surface area contributed by atoms with Crippen LogP contribution in [0.15, 0.2) is 126 Å². The van der Waals surface area contributed by atoms with E-state index in [2.05, 4.69) is 22.1 Å². The molecule has 0 saturated heterocycles. The molecule has 0 N–H and O–H groups in total. The van der Waals surface area contributed by atoms with Crippen LogP contribution in [0, 0.1) is 52.3 Å². The Bertz CT molecular complexity index is 3220. The predicted molar refractivity (Wildman–Crippen MR) is 225 cm³/mol. The zero-order valence-corrected chi connectivity index (χ0v) is 32.0. The molecule has 277 valence electrons. The van der Waals surface area contributed by atoms with Gasteiger partial charge in [-0.05, 0) is 102 Å². The van der Waals surface area contributed by atoms with Crippen molar-refractivity contribution in [2.24, 2.45) is 5.92 Å². The van der Waals surface area contributed by atoms with Gasteiger partial charge in [0.1, 0.15) is 5.58 Å². The van der Waals surface area contributed by atoms with E-state index in [-0.39, 0.29) is 76.2 Å². The van der Waals surface area contributed by atoms with Gasteiger partial charge in [-0.1, -0.05) is 128 Å². The third-order valence-electron chi connectivity index (χ3n) is 9.70. The molecule has 1 saturated carbocycles. The number of pyridine rings is 2. The minimum absolute atomic E-state index is 0. The topological polar surface area (TPSA) is 38.9 Å². The molecule has 0 amide bonds. The average molecular weight is 912 g/mol. The van der Waals surface area contributed by atoms with Gasteiger partial charge in [0.25, 0.3) is 0 Å². The quantitative estimate of drug-likeness (QED) is 0.156. The van der Waals surface area contributed by atoms with Crippen molar-refractivity contribution in [3.8, 4) is 44.8 Å². The minimum Gasteiger partial charge on any atom is -0.501 e. The first-order chi connectivity index (χ1) is 33.1. The van der Waals surface area contributed by atoms with Gasteiger partial charge in [0, 0.05) is 61.2 Å². The molecule has 3 heterocycles. The van der Waals surface area contributed by atoms with Gasteiger partial charge in [0.05, 0.1) is 5.58 Å². The van der Waals surface area contributed by atoms with Crippen molar-refractivity contribution in [3.05, 3.63) is 167 Å². The number of aryl methyl sites for hydroxylation is 5. The number of aromatic nitrogens is 2. The van der Waals surface area contributed by atoms with Crippen LogP contribution in [0.3, 0.4) is 0 Å². The van der Waals surface area contributed by atoms with Crippen molar-refractivity contribution in [2.45, 2.75) is 66.3 Å². The number of furan rings is 1. The molecule has 0 spiro atoms. The number of nitrogens with zero attached hydrogens (tertiary/aromatic N) is 2. The van der Waals surface area contributed by atoms with E-state index in [4.69, 9.17) is 27.7 Å². The molecule has 1 radical (unpaired) electrons. The summed E-state index contributed by atoms with van der Waals surface area (Å²) in [7, 11) is 0. The Labute approximate surface area is 363 Å². The molecule has 0 aliphatic heterocycles. The fourth-order valence-electron chi connectivity index (χ4n) is 6.97. The molecule has 3 aromatic heterocycles. The average Bonchev–Trinajstić information content (AvgIpc) is 4.00. The second-order valence-electron chi connectivity index (χ2n) is 13.4. The molecule has 5 aromatic carbocycles. The Balaban J connectivity index is 0.000000240. The van der Waals surface area contributed by atoms with Crippen molar-refractivity contribution in [1.29, 1.82) is 0 Å². The molecule has 1 aliphatic carbocycles. The summed E-state index contributed by atoms with van der Waals surface area (Å²) in [6.45, 7) is -12.1. The van der Waals surface area contributed by atoms with Gasteiger partial charge in [-0.15, -0.1) is 47.5 Å². The monoisotopic (exact) mass is 912 g/mol. The second kappa shape index (κ2) is 16.7. The molecule has 4 heteroatoms. The van der Waals surface area contributed by atoms with Crippen molar-refractivity contribution < 1.29 is 47.8 Å². The van der Waals surface area contributed by atoms with E-state index in [0.29, 0.717) is 44.3 Å². The van der Waals surface area contributed by atoms with Gasteiger partial charge < -0.3 is 14.4 Å². The Morgan fingerprint density at radius 3 is 2.29 bits per heavy atom. The van der Waals surface area contributed by atoms with Crippen LogP contribution in [-0.2, 0) is 26.5 Å². The summed E-state index contributed by atoms with van der Waals surface area (Å²) >= 11 is 0. The first kappa shape index (κ1) is 22.4. The fraction of sp³-hybridized carbons (Fsp3) is 0.216. The van der Waals surface area contributed by atoms with Gasteiger partial charge in [-0.3, -0.25) is 0 Å². The van der Waals surface area contributed by atoms with E-state index in [1.54, 1.807) is 36.4 Å². The number of hydrogen-bond donors (Lipinski definition) is 0. The molecule has 55 heavy (non-hydrogen) atoms. The maximum atomic E-state index is 8.84. The minimum atomic E-state index is -2.67. The van der Waals surface area contributed by atoms with Gasteiger partial charge >= 0.3 is 0 Å². The van der Waals surface area contributed by atoms with Crippen LogP contribution in [0.5, 0.6) is 0 Å². The second-order valence-corrected chi connectivity index (χ2v) is 13.4. The zero-order valence-electron chi connectivity index (χ0n) is 46.6. The van der Waals surface area contributed by atoms with E-state index in [1.165, 1.54) is 54.9 Å². The number of rotatable bonds is 6. The summed E-state index contributed by atoms with van der Waals surface area (Å²) in [4.78, 5) is 8.65.